The fourth-order valence-corrected chi connectivity index (χ4v) is 1.35. The first-order chi connectivity index (χ1) is 9.03. The van der Waals surface area contributed by atoms with Crippen LogP contribution in [0.3, 0.4) is 0 Å². The zero-order valence-corrected chi connectivity index (χ0v) is 10.2. The molecule has 1 aromatic heterocycles. The summed E-state index contributed by atoms with van der Waals surface area (Å²) in [5.41, 5.74) is -1.95. The quantitative estimate of drug-likeness (QED) is 0.296. The first kappa shape index (κ1) is 15.0. The van der Waals surface area contributed by atoms with Gasteiger partial charge in [0.2, 0.25) is 11.6 Å². The van der Waals surface area contributed by atoms with Crippen molar-refractivity contribution >= 4 is 17.3 Å². The summed E-state index contributed by atoms with van der Waals surface area (Å²) in [6.45, 7) is -1.89. The van der Waals surface area contributed by atoms with Gasteiger partial charge in [0.15, 0.2) is 0 Å². The zero-order valence-electron chi connectivity index (χ0n) is 10.2. The molecule has 0 unspecified atom stereocenters. The maximum absolute atomic E-state index is 11.0. The second kappa shape index (κ2) is 6.22. The van der Waals surface area contributed by atoms with Crippen LogP contribution in [0.2, 0.25) is 0 Å². The number of anilines is 2. The molecule has 0 saturated heterocycles. The van der Waals surface area contributed by atoms with E-state index in [0.717, 1.165) is 6.33 Å². The molecule has 10 heteroatoms. The van der Waals surface area contributed by atoms with Crippen LogP contribution in [-0.4, -0.2) is 62.6 Å². The minimum atomic E-state index is -1.51. The van der Waals surface area contributed by atoms with Crippen LogP contribution in [-0.2, 0) is 0 Å². The summed E-state index contributed by atoms with van der Waals surface area (Å²) in [4.78, 5) is 17.7. The Balaban J connectivity index is 3.23. The molecule has 0 spiro atoms. The summed E-state index contributed by atoms with van der Waals surface area (Å²) in [7, 11) is 1.45. The summed E-state index contributed by atoms with van der Waals surface area (Å²) >= 11 is 0. The van der Waals surface area contributed by atoms with Crippen molar-refractivity contribution in [1.29, 1.82) is 0 Å². The van der Waals surface area contributed by atoms with Gasteiger partial charge in [0, 0.05) is 7.05 Å². The highest BCUT2D eigenvalue weighted by atomic mass is 16.6. The third-order valence-electron chi connectivity index (χ3n) is 2.53. The van der Waals surface area contributed by atoms with E-state index in [0.29, 0.717) is 0 Å². The summed E-state index contributed by atoms with van der Waals surface area (Å²) in [6, 6.07) is 0. The van der Waals surface area contributed by atoms with Gasteiger partial charge < -0.3 is 26.0 Å². The van der Waals surface area contributed by atoms with Crippen LogP contribution in [0.4, 0.5) is 17.3 Å². The summed E-state index contributed by atoms with van der Waals surface area (Å²) in [6.07, 6.45) is 1.08. The predicted molar refractivity (Wildman–Crippen MR) is 65.8 cm³/mol. The molecule has 106 valence electrons. The topological polar surface area (TPSA) is 154 Å². The Kier molecular flexibility index (Phi) is 4.92. The van der Waals surface area contributed by atoms with Gasteiger partial charge in [0.25, 0.3) is 0 Å². The minimum Gasteiger partial charge on any atom is -0.394 e. The smallest absolute Gasteiger partial charge is 0.353 e. The molecule has 0 aliphatic rings. The number of aliphatic hydroxyl groups is 3. The van der Waals surface area contributed by atoms with E-state index in [1.54, 1.807) is 0 Å². The van der Waals surface area contributed by atoms with Crippen LogP contribution in [0.15, 0.2) is 6.33 Å². The minimum absolute atomic E-state index is 0.0229. The SMILES string of the molecule is CNc1ncnc(NC(CO)(CO)CO)c1[N+](=O)[O-]. The highest BCUT2D eigenvalue weighted by molar-refractivity contribution is 5.69. The molecule has 0 fully saturated rings. The molecule has 0 bridgehead atoms. The number of hydrogen-bond acceptors (Lipinski definition) is 9. The molecule has 0 radical (unpaired) electrons. The van der Waals surface area contributed by atoms with Crippen molar-refractivity contribution in [2.75, 3.05) is 37.5 Å². The van der Waals surface area contributed by atoms with Crippen molar-refractivity contribution in [2.45, 2.75) is 5.54 Å². The number of aliphatic hydroxyl groups excluding tert-OH is 3. The van der Waals surface area contributed by atoms with Gasteiger partial charge in [0.05, 0.1) is 24.7 Å². The third-order valence-corrected chi connectivity index (χ3v) is 2.53. The first-order valence-electron chi connectivity index (χ1n) is 5.31. The molecule has 0 amide bonds. The van der Waals surface area contributed by atoms with Gasteiger partial charge in [-0.15, -0.1) is 0 Å². The van der Waals surface area contributed by atoms with E-state index in [4.69, 9.17) is 0 Å². The predicted octanol–water partition coefficient (Wildman–Crippen LogP) is -1.45. The molecule has 1 rings (SSSR count). The number of aromatic nitrogens is 2. The summed E-state index contributed by atoms with van der Waals surface area (Å²) < 4.78 is 0. The van der Waals surface area contributed by atoms with Crippen molar-refractivity contribution in [1.82, 2.24) is 9.97 Å². The van der Waals surface area contributed by atoms with Gasteiger partial charge in [-0.05, 0) is 0 Å². The van der Waals surface area contributed by atoms with Crippen LogP contribution in [0.5, 0.6) is 0 Å². The Morgan fingerprint density at radius 1 is 1.26 bits per heavy atom. The largest absolute Gasteiger partial charge is 0.394 e. The molecule has 0 aliphatic carbocycles. The molecule has 10 nitrogen and oxygen atoms in total. The fraction of sp³-hybridized carbons (Fsp3) is 0.556. The van der Waals surface area contributed by atoms with Crippen LogP contribution in [0.25, 0.3) is 0 Å². The molecule has 0 aromatic carbocycles. The van der Waals surface area contributed by atoms with E-state index in [9.17, 15) is 25.4 Å². The van der Waals surface area contributed by atoms with Crippen molar-refractivity contribution in [3.8, 4) is 0 Å². The molecular weight excluding hydrogens is 258 g/mol. The molecule has 1 heterocycles. The standard InChI is InChI=1S/C9H15N5O5/c1-10-7-6(14(18)19)8(12-5-11-7)13-9(2-15,3-16)4-17/h5,15-17H,2-4H2,1H3,(H2,10,11,12,13). The van der Waals surface area contributed by atoms with Crippen LogP contribution < -0.4 is 10.6 Å². The van der Waals surface area contributed by atoms with Gasteiger partial charge in [-0.25, -0.2) is 9.97 Å². The van der Waals surface area contributed by atoms with Crippen LogP contribution >= 0.6 is 0 Å². The maximum Gasteiger partial charge on any atom is 0.353 e. The highest BCUT2D eigenvalue weighted by Crippen LogP contribution is 2.30. The summed E-state index contributed by atoms with van der Waals surface area (Å²) in [5.74, 6) is -0.230. The first-order valence-corrected chi connectivity index (χ1v) is 5.31. The second-order valence-corrected chi connectivity index (χ2v) is 3.81. The highest BCUT2D eigenvalue weighted by Gasteiger charge is 2.32. The number of nitro groups is 1. The Hall–Kier alpha value is -2.04. The van der Waals surface area contributed by atoms with E-state index in [1.807, 2.05) is 0 Å². The number of nitrogens with zero attached hydrogens (tertiary/aromatic N) is 3. The lowest BCUT2D eigenvalue weighted by atomic mass is 10.0. The molecular formula is C9H15N5O5. The average molecular weight is 273 g/mol. The van der Waals surface area contributed by atoms with Gasteiger partial charge in [-0.1, -0.05) is 0 Å². The zero-order chi connectivity index (χ0) is 14.5. The molecule has 0 saturated carbocycles. The van der Waals surface area contributed by atoms with Crippen LogP contribution in [0.1, 0.15) is 0 Å². The van der Waals surface area contributed by atoms with Crippen molar-refractivity contribution in [3.05, 3.63) is 16.4 Å². The van der Waals surface area contributed by atoms with Crippen LogP contribution in [0, 0.1) is 10.1 Å². The van der Waals surface area contributed by atoms with E-state index >= 15 is 0 Å². The normalized spacial score (nSPS) is 11.2. The van der Waals surface area contributed by atoms with Gasteiger partial charge in [-0.3, -0.25) is 10.1 Å². The van der Waals surface area contributed by atoms with Crippen molar-refractivity contribution in [2.24, 2.45) is 0 Å². The monoisotopic (exact) mass is 273 g/mol. The van der Waals surface area contributed by atoms with E-state index in [2.05, 4.69) is 20.6 Å². The fourth-order valence-electron chi connectivity index (χ4n) is 1.35. The van der Waals surface area contributed by atoms with Gasteiger partial charge >= 0.3 is 5.69 Å². The average Bonchev–Trinajstić information content (AvgIpc) is 2.44. The Bertz CT molecular complexity index is 442. The lowest BCUT2D eigenvalue weighted by Gasteiger charge is -2.28. The Morgan fingerprint density at radius 3 is 2.21 bits per heavy atom. The van der Waals surface area contributed by atoms with E-state index in [1.165, 1.54) is 7.05 Å². The lowest BCUT2D eigenvalue weighted by Crippen LogP contribution is -2.49. The Morgan fingerprint density at radius 2 is 1.79 bits per heavy atom. The lowest BCUT2D eigenvalue weighted by molar-refractivity contribution is -0.383. The molecule has 19 heavy (non-hydrogen) atoms. The third kappa shape index (κ3) is 3.05. The molecule has 1 aromatic rings. The van der Waals surface area contributed by atoms with Crippen molar-refractivity contribution in [3.63, 3.8) is 0 Å². The Labute approximate surface area is 108 Å². The van der Waals surface area contributed by atoms with E-state index in [-0.39, 0.29) is 11.6 Å². The number of nitrogens with one attached hydrogen (secondary N) is 2. The van der Waals surface area contributed by atoms with E-state index < -0.39 is 36.0 Å². The number of rotatable bonds is 7. The summed E-state index contributed by atoms with van der Waals surface area (Å²) in [5, 5.41) is 43.6. The van der Waals surface area contributed by atoms with Crippen molar-refractivity contribution < 1.29 is 20.2 Å². The van der Waals surface area contributed by atoms with Gasteiger partial charge in [0.1, 0.15) is 11.9 Å². The molecule has 0 aliphatic heterocycles. The molecule has 5 N–H and O–H groups in total. The number of hydrogen-bond donors (Lipinski definition) is 5. The maximum atomic E-state index is 11.0. The molecule has 0 atom stereocenters. The van der Waals surface area contributed by atoms with Gasteiger partial charge in [-0.2, -0.15) is 0 Å². The second-order valence-electron chi connectivity index (χ2n) is 3.81.